The minimum atomic E-state index is 0. The van der Waals surface area contributed by atoms with Crippen LogP contribution in [0.1, 0.15) is 4.88 Å². The number of hydrazine groups is 1. The normalized spacial score (nSPS) is 13.7. The van der Waals surface area contributed by atoms with Gasteiger partial charge in [0.2, 0.25) is 0 Å². The Morgan fingerprint density at radius 3 is 2.04 bits per heavy atom. The van der Waals surface area contributed by atoms with Crippen molar-refractivity contribution in [1.29, 1.82) is 0 Å². The maximum Gasteiger partial charge on any atom is 0.287 e. The smallest absolute Gasteiger partial charge is 0.287 e. The van der Waals surface area contributed by atoms with Gasteiger partial charge in [-0.3, -0.25) is 0 Å². The summed E-state index contributed by atoms with van der Waals surface area (Å²) in [4.78, 5) is 1.17. The van der Waals surface area contributed by atoms with Gasteiger partial charge in [0.25, 0.3) is 5.84 Å². The van der Waals surface area contributed by atoms with Crippen LogP contribution >= 0.6 is 11.3 Å². The summed E-state index contributed by atoms with van der Waals surface area (Å²) in [5.41, 5.74) is 4.20. The van der Waals surface area contributed by atoms with Crippen LogP contribution in [-0.2, 0) is 0 Å². The van der Waals surface area contributed by atoms with Gasteiger partial charge in [-0.15, -0.1) is 21.6 Å². The summed E-state index contributed by atoms with van der Waals surface area (Å²) in [5.74, 6) is 0.975. The third-order valence-electron chi connectivity index (χ3n) is 3.43. The van der Waals surface area contributed by atoms with Crippen molar-refractivity contribution in [1.82, 2.24) is 0 Å². The van der Waals surface area contributed by atoms with Gasteiger partial charge in [0.1, 0.15) is 10.6 Å². The topological polar surface area (TPSA) is 35.5 Å². The van der Waals surface area contributed by atoms with Crippen LogP contribution in [0.2, 0.25) is 0 Å². The third kappa shape index (κ3) is 3.07. The lowest BCUT2D eigenvalue weighted by Crippen LogP contribution is -3.00. The van der Waals surface area contributed by atoms with Gasteiger partial charge < -0.3 is 12.4 Å². The van der Waals surface area contributed by atoms with Gasteiger partial charge in [-0.2, -0.15) is 5.43 Å². The molecule has 0 spiro atoms. The molecule has 116 valence electrons. The first-order chi connectivity index (χ1) is 10.9. The van der Waals surface area contributed by atoms with Gasteiger partial charge in [-0.25, -0.2) is 0 Å². The van der Waals surface area contributed by atoms with Crippen LogP contribution in [0.15, 0.2) is 83.3 Å². The zero-order valence-corrected chi connectivity index (χ0v) is 13.8. The van der Waals surface area contributed by atoms with E-state index in [1.807, 2.05) is 47.6 Å². The van der Waals surface area contributed by atoms with E-state index in [2.05, 4.69) is 46.3 Å². The molecule has 1 aliphatic heterocycles. The van der Waals surface area contributed by atoms with E-state index in [9.17, 15) is 0 Å². The van der Waals surface area contributed by atoms with Crippen LogP contribution in [0.4, 0.5) is 11.4 Å². The number of hydrogen-bond donors (Lipinski definition) is 1. The van der Waals surface area contributed by atoms with E-state index in [1.54, 1.807) is 11.3 Å². The van der Waals surface area contributed by atoms with E-state index in [1.165, 1.54) is 4.88 Å². The molecule has 0 aliphatic carbocycles. The monoisotopic (exact) mass is 342 g/mol. The summed E-state index contributed by atoms with van der Waals surface area (Å²) in [5, 5.41) is 10.9. The Bertz CT molecular complexity index is 775. The van der Waals surface area contributed by atoms with E-state index in [-0.39, 0.29) is 12.4 Å². The molecule has 6 heteroatoms. The van der Waals surface area contributed by atoms with Crippen LogP contribution in [0.3, 0.4) is 0 Å². The van der Waals surface area contributed by atoms with Gasteiger partial charge >= 0.3 is 0 Å². The van der Waals surface area contributed by atoms with Crippen molar-refractivity contribution >= 4 is 28.5 Å². The summed E-state index contributed by atoms with van der Waals surface area (Å²) >= 11 is 1.70. The van der Waals surface area contributed by atoms with Gasteiger partial charge in [-0.05, 0) is 35.7 Å². The predicted octanol–water partition coefficient (Wildman–Crippen LogP) is -0.166. The number of nitrogens with zero attached hydrogens (tertiary/aromatic N) is 3. The van der Waals surface area contributed by atoms with E-state index in [0.717, 1.165) is 17.2 Å². The van der Waals surface area contributed by atoms with E-state index in [0.29, 0.717) is 0 Å². The molecule has 2 N–H and O–H groups in total. The summed E-state index contributed by atoms with van der Waals surface area (Å²) in [6, 6.07) is 24.6. The van der Waals surface area contributed by atoms with E-state index >= 15 is 0 Å². The summed E-state index contributed by atoms with van der Waals surface area (Å²) in [6.45, 7) is 0. The fraction of sp³-hybridized carbons (Fsp3) is 0. The van der Waals surface area contributed by atoms with Crippen LogP contribution in [0, 0.1) is 0 Å². The Hall–Kier alpha value is -2.34. The van der Waals surface area contributed by atoms with Crippen molar-refractivity contribution in [3.63, 3.8) is 0 Å². The second-order valence-electron chi connectivity index (χ2n) is 4.90. The van der Waals surface area contributed by atoms with Crippen LogP contribution in [0.25, 0.3) is 0 Å². The van der Waals surface area contributed by atoms with Crippen LogP contribution in [-0.4, -0.2) is 5.84 Å². The van der Waals surface area contributed by atoms with Crippen molar-refractivity contribution in [3.8, 4) is 0 Å². The first-order valence-corrected chi connectivity index (χ1v) is 7.96. The molecule has 0 amide bonds. The third-order valence-corrected chi connectivity index (χ3v) is 4.32. The fourth-order valence-corrected chi connectivity index (χ4v) is 3.07. The number of quaternary nitrogens is 1. The zero-order valence-electron chi connectivity index (χ0n) is 12.2. The van der Waals surface area contributed by atoms with Crippen molar-refractivity contribution in [2.75, 3.05) is 10.2 Å². The van der Waals surface area contributed by atoms with Crippen LogP contribution < -0.4 is 28.1 Å². The average Bonchev–Trinajstić information content (AvgIpc) is 3.26. The van der Waals surface area contributed by atoms with Crippen molar-refractivity contribution in [2.24, 2.45) is 5.10 Å². The maximum absolute atomic E-state index is 4.79. The number of hydrazone groups is 1. The van der Waals surface area contributed by atoms with Crippen molar-refractivity contribution in [3.05, 3.63) is 83.1 Å². The minimum absolute atomic E-state index is 0. The van der Waals surface area contributed by atoms with Gasteiger partial charge in [0.15, 0.2) is 0 Å². The Labute approximate surface area is 145 Å². The highest BCUT2D eigenvalue weighted by molar-refractivity contribution is 7.12. The SMILES string of the molecule is [Cl-].c1ccc(N2N=C(c3cccs3)[NH2+]N2c2ccccc2)cc1. The first kappa shape index (κ1) is 15.6. The Morgan fingerprint density at radius 2 is 1.43 bits per heavy atom. The van der Waals surface area contributed by atoms with Crippen molar-refractivity contribution < 1.29 is 17.8 Å². The number of amidine groups is 1. The molecule has 0 fully saturated rings. The quantitative estimate of drug-likeness (QED) is 0.671. The molecule has 4 rings (SSSR count). The molecule has 0 bridgehead atoms. The predicted molar refractivity (Wildman–Crippen MR) is 90.6 cm³/mol. The Kier molecular flexibility index (Phi) is 4.62. The highest BCUT2D eigenvalue weighted by Crippen LogP contribution is 2.23. The molecule has 2 heterocycles. The van der Waals surface area contributed by atoms with Crippen LogP contribution in [0.5, 0.6) is 0 Å². The number of nitrogens with two attached hydrogens (primary N) is 1. The second-order valence-corrected chi connectivity index (χ2v) is 5.84. The molecule has 0 atom stereocenters. The molecule has 0 unspecified atom stereocenters. The van der Waals surface area contributed by atoms with E-state index in [4.69, 9.17) is 5.10 Å². The molecule has 0 saturated heterocycles. The Morgan fingerprint density at radius 1 is 0.783 bits per heavy atom. The lowest BCUT2D eigenvalue weighted by atomic mass is 10.3. The highest BCUT2D eigenvalue weighted by atomic mass is 35.5. The van der Waals surface area contributed by atoms with Crippen molar-refractivity contribution in [2.45, 2.75) is 0 Å². The molecular weight excluding hydrogens is 328 g/mol. The molecule has 4 nitrogen and oxygen atoms in total. The summed E-state index contributed by atoms with van der Waals surface area (Å²) < 4.78 is 0. The number of hydrogen-bond acceptors (Lipinski definition) is 4. The van der Waals surface area contributed by atoms with Gasteiger partial charge in [-0.1, -0.05) is 47.6 Å². The fourth-order valence-electron chi connectivity index (χ4n) is 2.39. The number of benzene rings is 2. The average molecular weight is 343 g/mol. The molecule has 23 heavy (non-hydrogen) atoms. The zero-order chi connectivity index (χ0) is 14.8. The number of rotatable bonds is 3. The molecule has 2 aromatic carbocycles. The standard InChI is InChI=1S/C17H14N4S.ClH/c1-3-8-14(9-4-1)20-18-17(16-12-7-13-22-16)19-21(20)15-10-5-2-6-11-15;/h1-13H,(H,18,19);1H. The molecule has 3 aromatic rings. The lowest BCUT2D eigenvalue weighted by Gasteiger charge is -2.23. The number of halogens is 1. The largest absolute Gasteiger partial charge is 1.00 e. The molecule has 1 aliphatic rings. The molecule has 0 radical (unpaired) electrons. The Balaban J connectivity index is 0.00000156. The second kappa shape index (κ2) is 6.83. The first-order valence-electron chi connectivity index (χ1n) is 7.08. The summed E-state index contributed by atoms with van der Waals surface area (Å²) in [7, 11) is 0. The van der Waals surface area contributed by atoms with E-state index < -0.39 is 0 Å². The number of para-hydroxylation sites is 2. The highest BCUT2D eigenvalue weighted by Gasteiger charge is 2.31. The molecular formula is C17H15ClN4S. The lowest BCUT2D eigenvalue weighted by molar-refractivity contribution is -0.545. The maximum atomic E-state index is 4.79. The van der Waals surface area contributed by atoms with Gasteiger partial charge in [0.05, 0.1) is 5.69 Å². The number of thiophene rings is 1. The number of anilines is 2. The molecule has 0 saturated carbocycles. The summed E-state index contributed by atoms with van der Waals surface area (Å²) in [6.07, 6.45) is 0. The minimum Gasteiger partial charge on any atom is -1.00 e. The molecule has 1 aromatic heterocycles. The van der Waals surface area contributed by atoms with Gasteiger partial charge in [0, 0.05) is 0 Å².